The summed E-state index contributed by atoms with van der Waals surface area (Å²) in [5.41, 5.74) is 5.12. The zero-order chi connectivity index (χ0) is 25.9. The van der Waals surface area contributed by atoms with Crippen LogP contribution in [0.3, 0.4) is 0 Å². The lowest BCUT2D eigenvalue weighted by Gasteiger charge is -2.20. The molecule has 9 heteroatoms. The Labute approximate surface area is 209 Å². The Balaban J connectivity index is 1.80. The number of carbonyl (C=O) groups excluding carboxylic acids is 2. The van der Waals surface area contributed by atoms with Gasteiger partial charge >= 0.3 is 0 Å². The van der Waals surface area contributed by atoms with Gasteiger partial charge in [-0.1, -0.05) is 30.3 Å². The summed E-state index contributed by atoms with van der Waals surface area (Å²) in [5.74, 6) is -1.05. The van der Waals surface area contributed by atoms with E-state index in [9.17, 15) is 19.7 Å². The summed E-state index contributed by atoms with van der Waals surface area (Å²) in [4.78, 5) is 38.1. The Morgan fingerprint density at radius 1 is 0.917 bits per heavy atom. The van der Waals surface area contributed by atoms with Crippen molar-refractivity contribution in [2.24, 2.45) is 5.10 Å². The number of benzene rings is 3. The monoisotopic (exact) mass is 485 g/mol. The van der Waals surface area contributed by atoms with Crippen molar-refractivity contribution in [2.45, 2.75) is 13.8 Å². The lowest BCUT2D eigenvalue weighted by Crippen LogP contribution is -2.32. The van der Waals surface area contributed by atoms with E-state index >= 15 is 0 Å². The van der Waals surface area contributed by atoms with Crippen LogP contribution in [0.15, 0.2) is 89.7 Å². The van der Waals surface area contributed by atoms with Crippen molar-refractivity contribution in [1.29, 1.82) is 0 Å². The lowest BCUT2D eigenvalue weighted by molar-refractivity contribution is -0.384. The number of nitrogens with one attached hydrogen (secondary N) is 2. The lowest BCUT2D eigenvalue weighted by atomic mass is 10.1. The summed E-state index contributed by atoms with van der Waals surface area (Å²) in [5, 5.41) is 17.4. The van der Waals surface area contributed by atoms with Crippen molar-refractivity contribution in [2.75, 3.05) is 18.0 Å². The number of anilines is 1. The molecule has 0 saturated heterocycles. The van der Waals surface area contributed by atoms with Crippen LogP contribution in [-0.4, -0.2) is 36.0 Å². The summed E-state index contributed by atoms with van der Waals surface area (Å²) >= 11 is 0. The maximum absolute atomic E-state index is 12.9. The summed E-state index contributed by atoms with van der Waals surface area (Å²) in [6.45, 7) is 5.91. The first kappa shape index (κ1) is 25.8. The van der Waals surface area contributed by atoms with Gasteiger partial charge in [-0.2, -0.15) is 5.10 Å². The van der Waals surface area contributed by atoms with Gasteiger partial charge in [0.1, 0.15) is 5.70 Å². The van der Waals surface area contributed by atoms with Crippen molar-refractivity contribution < 1.29 is 14.5 Å². The Bertz CT molecular complexity index is 1250. The molecule has 0 aliphatic rings. The number of nitrogens with zero attached hydrogens (tertiary/aromatic N) is 3. The van der Waals surface area contributed by atoms with Crippen LogP contribution in [0.5, 0.6) is 0 Å². The predicted molar refractivity (Wildman–Crippen MR) is 141 cm³/mol. The highest BCUT2D eigenvalue weighted by Crippen LogP contribution is 2.17. The van der Waals surface area contributed by atoms with Crippen molar-refractivity contribution in [1.82, 2.24) is 10.7 Å². The molecule has 2 N–H and O–H groups in total. The van der Waals surface area contributed by atoms with Crippen LogP contribution in [-0.2, 0) is 4.79 Å². The average molecular weight is 486 g/mol. The molecule has 0 aromatic heterocycles. The number of nitro groups is 1. The molecular formula is C27H27N5O4. The molecule has 0 bridgehead atoms. The van der Waals surface area contributed by atoms with Gasteiger partial charge in [0, 0.05) is 36.5 Å². The number of non-ortho nitro benzene ring substituents is 1. The minimum atomic E-state index is -0.620. The third-order valence-corrected chi connectivity index (χ3v) is 5.35. The maximum atomic E-state index is 12.9. The van der Waals surface area contributed by atoms with Crippen LogP contribution in [0.25, 0.3) is 6.08 Å². The smallest absolute Gasteiger partial charge is 0.287 e. The second kappa shape index (κ2) is 12.6. The quantitative estimate of drug-likeness (QED) is 0.191. The Hall–Kier alpha value is -4.79. The van der Waals surface area contributed by atoms with E-state index in [0.717, 1.165) is 24.3 Å². The van der Waals surface area contributed by atoms with Crippen molar-refractivity contribution >= 4 is 35.5 Å². The molecule has 0 fully saturated rings. The van der Waals surface area contributed by atoms with Gasteiger partial charge in [0.15, 0.2) is 0 Å². The van der Waals surface area contributed by atoms with Gasteiger partial charge in [-0.05, 0) is 67.4 Å². The normalized spacial score (nSPS) is 11.2. The molecule has 0 aliphatic carbocycles. The largest absolute Gasteiger partial charge is 0.372 e. The summed E-state index contributed by atoms with van der Waals surface area (Å²) in [6.07, 6.45) is 2.93. The van der Waals surface area contributed by atoms with Gasteiger partial charge in [-0.3, -0.25) is 19.7 Å². The highest BCUT2D eigenvalue weighted by molar-refractivity contribution is 6.05. The summed E-state index contributed by atoms with van der Waals surface area (Å²) in [6, 6.07) is 21.9. The molecule has 3 rings (SSSR count). The average Bonchev–Trinajstić information content (AvgIpc) is 2.90. The minimum absolute atomic E-state index is 0.0142. The van der Waals surface area contributed by atoms with Crippen LogP contribution < -0.4 is 15.6 Å². The van der Waals surface area contributed by atoms with E-state index in [4.69, 9.17) is 0 Å². The fraction of sp³-hybridized carbons (Fsp3) is 0.148. The van der Waals surface area contributed by atoms with E-state index in [-0.39, 0.29) is 11.4 Å². The summed E-state index contributed by atoms with van der Waals surface area (Å²) in [7, 11) is 0. The number of hydrogen-bond acceptors (Lipinski definition) is 6. The van der Waals surface area contributed by atoms with Crippen molar-refractivity contribution in [3.05, 3.63) is 111 Å². The standard InChI is InChI=1S/C27H27N5O4/c1-3-31(4-2)23-14-10-20(11-15-23)18-25(29-26(33)22-8-6-5-7-9-22)27(34)30-28-19-21-12-16-24(17-13-21)32(35)36/h5-19H,3-4H2,1-2H3,(H,29,33)(H,30,34)/b25-18+,28-19?. The van der Waals surface area contributed by atoms with Gasteiger partial charge in [0.05, 0.1) is 11.1 Å². The second-order valence-electron chi connectivity index (χ2n) is 7.69. The van der Waals surface area contributed by atoms with Crippen molar-refractivity contribution in [3.63, 3.8) is 0 Å². The number of rotatable bonds is 10. The predicted octanol–water partition coefficient (Wildman–Crippen LogP) is 4.36. The SMILES string of the molecule is CCN(CC)c1ccc(/C=C(/NC(=O)c2ccccc2)C(=O)NN=Cc2ccc([N+](=O)[O-])cc2)cc1. The highest BCUT2D eigenvalue weighted by atomic mass is 16.6. The second-order valence-corrected chi connectivity index (χ2v) is 7.69. The van der Waals surface area contributed by atoms with E-state index in [2.05, 4.69) is 34.6 Å². The van der Waals surface area contributed by atoms with E-state index < -0.39 is 16.7 Å². The van der Waals surface area contributed by atoms with Crippen LogP contribution in [0, 0.1) is 10.1 Å². The molecule has 184 valence electrons. The molecule has 0 radical (unpaired) electrons. The van der Waals surface area contributed by atoms with Crippen LogP contribution in [0.1, 0.15) is 35.3 Å². The van der Waals surface area contributed by atoms with Crippen LogP contribution in [0.4, 0.5) is 11.4 Å². The first-order valence-electron chi connectivity index (χ1n) is 11.4. The van der Waals surface area contributed by atoms with Gasteiger partial charge in [-0.25, -0.2) is 5.43 Å². The number of carbonyl (C=O) groups is 2. The fourth-order valence-electron chi connectivity index (χ4n) is 3.39. The molecule has 0 heterocycles. The van der Waals surface area contributed by atoms with E-state index in [1.54, 1.807) is 36.4 Å². The fourth-order valence-corrected chi connectivity index (χ4v) is 3.39. The van der Waals surface area contributed by atoms with Crippen LogP contribution >= 0.6 is 0 Å². The van der Waals surface area contributed by atoms with Gasteiger partial charge in [0.25, 0.3) is 17.5 Å². The number of amides is 2. The van der Waals surface area contributed by atoms with E-state index in [0.29, 0.717) is 11.1 Å². The molecule has 36 heavy (non-hydrogen) atoms. The molecule has 2 amide bonds. The number of hydrazone groups is 1. The highest BCUT2D eigenvalue weighted by Gasteiger charge is 2.14. The minimum Gasteiger partial charge on any atom is -0.372 e. The van der Waals surface area contributed by atoms with E-state index in [1.807, 2.05) is 24.3 Å². The Morgan fingerprint density at radius 3 is 2.11 bits per heavy atom. The van der Waals surface area contributed by atoms with Crippen molar-refractivity contribution in [3.8, 4) is 0 Å². The maximum Gasteiger partial charge on any atom is 0.287 e. The first-order valence-corrected chi connectivity index (χ1v) is 11.4. The molecule has 0 aliphatic heterocycles. The Morgan fingerprint density at radius 2 is 1.53 bits per heavy atom. The zero-order valence-corrected chi connectivity index (χ0v) is 20.0. The number of nitro benzene ring substituents is 1. The van der Waals surface area contributed by atoms with Crippen LogP contribution in [0.2, 0.25) is 0 Å². The topological polar surface area (TPSA) is 117 Å². The third kappa shape index (κ3) is 7.10. The third-order valence-electron chi connectivity index (χ3n) is 5.35. The van der Waals surface area contributed by atoms with Gasteiger partial charge in [0.2, 0.25) is 0 Å². The molecular weight excluding hydrogens is 458 g/mol. The molecule has 0 unspecified atom stereocenters. The first-order chi connectivity index (χ1) is 17.4. The molecule has 0 spiro atoms. The zero-order valence-electron chi connectivity index (χ0n) is 20.0. The molecule has 3 aromatic carbocycles. The molecule has 3 aromatic rings. The number of hydrogen-bond donors (Lipinski definition) is 2. The van der Waals surface area contributed by atoms with E-state index in [1.165, 1.54) is 30.5 Å². The molecule has 9 nitrogen and oxygen atoms in total. The Kier molecular flexibility index (Phi) is 9.05. The summed E-state index contributed by atoms with van der Waals surface area (Å²) < 4.78 is 0. The van der Waals surface area contributed by atoms with Gasteiger partial charge in [-0.15, -0.1) is 0 Å². The molecule has 0 atom stereocenters. The van der Waals surface area contributed by atoms with Gasteiger partial charge < -0.3 is 10.2 Å². The molecule has 0 saturated carbocycles.